The molecule has 1 aliphatic rings. The largest absolute Gasteiger partial charge is 0.438 e. The monoisotopic (exact) mass is 317 g/mol. The molecule has 2 rings (SSSR count). The third kappa shape index (κ3) is 2.41. The molecule has 118 valence electrons. The lowest BCUT2D eigenvalue weighted by atomic mass is 10.1. The van der Waals surface area contributed by atoms with Crippen LogP contribution in [0.3, 0.4) is 0 Å². The molecule has 7 nitrogen and oxygen atoms in total. The molecule has 0 spiro atoms. The molecule has 0 fully saturated rings. The first kappa shape index (κ1) is 15.9. The zero-order valence-corrected chi connectivity index (χ0v) is 11.2. The molecule has 0 aromatic heterocycles. The summed E-state index contributed by atoms with van der Waals surface area (Å²) in [5.74, 6) is -1.40. The summed E-state index contributed by atoms with van der Waals surface area (Å²) in [5.41, 5.74) is -4.89. The quantitative estimate of drug-likeness (QED) is 0.667. The molecule has 0 unspecified atom stereocenters. The van der Waals surface area contributed by atoms with Crippen LogP contribution in [-0.2, 0) is 0 Å². The number of alkyl halides is 3. The SMILES string of the molecule is CC1=NN(C(=O)c2ccccc2[N+](=O)[O-])[C@@](O)(C(F)(F)F)C1. The molecule has 10 heteroatoms. The van der Waals surface area contributed by atoms with Crippen molar-refractivity contribution < 1.29 is 28.0 Å². The van der Waals surface area contributed by atoms with Crippen molar-refractivity contribution in [3.63, 3.8) is 0 Å². The van der Waals surface area contributed by atoms with Gasteiger partial charge < -0.3 is 5.11 Å². The Morgan fingerprint density at radius 1 is 1.45 bits per heavy atom. The van der Waals surface area contributed by atoms with Crippen LogP contribution in [0.5, 0.6) is 0 Å². The summed E-state index contributed by atoms with van der Waals surface area (Å²) < 4.78 is 39.2. The van der Waals surface area contributed by atoms with E-state index in [1.165, 1.54) is 19.1 Å². The highest BCUT2D eigenvalue weighted by atomic mass is 19.4. The van der Waals surface area contributed by atoms with Gasteiger partial charge in [0.2, 0.25) is 0 Å². The van der Waals surface area contributed by atoms with Crippen molar-refractivity contribution in [2.24, 2.45) is 5.10 Å². The van der Waals surface area contributed by atoms with Gasteiger partial charge in [0, 0.05) is 18.2 Å². The fourth-order valence-electron chi connectivity index (χ4n) is 2.08. The van der Waals surface area contributed by atoms with Gasteiger partial charge in [0.15, 0.2) is 0 Å². The number of hydrogen-bond donors (Lipinski definition) is 1. The van der Waals surface area contributed by atoms with E-state index >= 15 is 0 Å². The molecular weight excluding hydrogens is 307 g/mol. The molecule has 1 N–H and O–H groups in total. The first-order valence-corrected chi connectivity index (χ1v) is 5.99. The number of rotatable bonds is 2. The molecule has 0 radical (unpaired) electrons. The molecule has 1 atom stereocenters. The maximum atomic E-state index is 13.1. The van der Waals surface area contributed by atoms with Crippen LogP contribution in [0, 0.1) is 10.1 Å². The molecule has 0 aliphatic carbocycles. The summed E-state index contributed by atoms with van der Waals surface area (Å²) in [6.45, 7) is 1.21. The number of para-hydroxylation sites is 1. The molecule has 0 bridgehead atoms. The third-order valence-corrected chi connectivity index (χ3v) is 3.10. The fourth-order valence-corrected chi connectivity index (χ4v) is 2.08. The number of hydrogen-bond acceptors (Lipinski definition) is 5. The van der Waals surface area contributed by atoms with E-state index in [2.05, 4.69) is 5.10 Å². The summed E-state index contributed by atoms with van der Waals surface area (Å²) in [7, 11) is 0. The second kappa shape index (κ2) is 5.05. The second-order valence-corrected chi connectivity index (χ2v) is 4.72. The van der Waals surface area contributed by atoms with E-state index in [0.29, 0.717) is 0 Å². The van der Waals surface area contributed by atoms with Crippen molar-refractivity contribution in [2.75, 3.05) is 0 Å². The highest BCUT2D eigenvalue weighted by Crippen LogP contribution is 2.41. The molecule has 0 saturated carbocycles. The number of benzene rings is 1. The Kier molecular flexibility index (Phi) is 3.65. The normalized spacial score (nSPS) is 21.7. The number of nitrogens with zero attached hydrogens (tertiary/aromatic N) is 3. The summed E-state index contributed by atoms with van der Waals surface area (Å²) in [6, 6.07) is 4.51. The van der Waals surface area contributed by atoms with E-state index in [9.17, 15) is 33.2 Å². The van der Waals surface area contributed by atoms with Gasteiger partial charge in [0.1, 0.15) is 5.56 Å². The Balaban J connectivity index is 2.51. The number of carbonyl (C=O) groups is 1. The maximum absolute atomic E-state index is 13.1. The van der Waals surface area contributed by atoms with Gasteiger partial charge in [-0.15, -0.1) is 0 Å². The van der Waals surface area contributed by atoms with Crippen LogP contribution in [0.15, 0.2) is 29.4 Å². The lowest BCUT2D eigenvalue weighted by molar-refractivity contribution is -0.385. The lowest BCUT2D eigenvalue weighted by Crippen LogP contribution is -2.56. The highest BCUT2D eigenvalue weighted by molar-refractivity contribution is 6.00. The van der Waals surface area contributed by atoms with Crippen molar-refractivity contribution in [2.45, 2.75) is 25.2 Å². The minimum absolute atomic E-state index is 0.119. The standard InChI is InChI=1S/C12H10F3N3O4/c1-7-6-11(20,12(13,14)15)17(16-7)10(19)8-4-2-3-5-9(8)18(21)22/h2-5,20H,6H2,1H3/t11-/m0/s1. The van der Waals surface area contributed by atoms with Crippen LogP contribution < -0.4 is 0 Å². The number of halogens is 3. The Morgan fingerprint density at radius 3 is 2.59 bits per heavy atom. The molecule has 22 heavy (non-hydrogen) atoms. The predicted molar refractivity (Wildman–Crippen MR) is 68.0 cm³/mol. The predicted octanol–water partition coefficient (Wildman–Crippen LogP) is 2.07. The zero-order valence-electron chi connectivity index (χ0n) is 11.2. The maximum Gasteiger partial charge on any atom is 0.438 e. The lowest BCUT2D eigenvalue weighted by Gasteiger charge is -2.32. The van der Waals surface area contributed by atoms with Crippen LogP contribution in [0.1, 0.15) is 23.7 Å². The Morgan fingerprint density at radius 2 is 2.05 bits per heavy atom. The van der Waals surface area contributed by atoms with Gasteiger partial charge in [-0.3, -0.25) is 14.9 Å². The molecule has 1 aromatic carbocycles. The van der Waals surface area contributed by atoms with E-state index < -0.39 is 40.4 Å². The highest BCUT2D eigenvalue weighted by Gasteiger charge is 2.63. The van der Waals surface area contributed by atoms with Gasteiger partial charge in [-0.05, 0) is 13.0 Å². The topological polar surface area (TPSA) is 96.0 Å². The fraction of sp³-hybridized carbons (Fsp3) is 0.333. The summed E-state index contributed by atoms with van der Waals surface area (Å²) in [4.78, 5) is 22.2. The van der Waals surface area contributed by atoms with Crippen LogP contribution in [0.4, 0.5) is 18.9 Å². The van der Waals surface area contributed by atoms with Crippen LogP contribution in [0.2, 0.25) is 0 Å². The van der Waals surface area contributed by atoms with Gasteiger partial charge in [0.05, 0.1) is 4.92 Å². The van der Waals surface area contributed by atoms with Gasteiger partial charge in [-0.1, -0.05) is 12.1 Å². The second-order valence-electron chi connectivity index (χ2n) is 4.72. The number of amides is 1. The van der Waals surface area contributed by atoms with Gasteiger partial charge >= 0.3 is 6.18 Å². The molecule has 1 aliphatic heterocycles. The van der Waals surface area contributed by atoms with Crippen molar-refractivity contribution in [1.82, 2.24) is 5.01 Å². The molecule has 1 amide bonds. The molecular formula is C12H10F3N3O4. The van der Waals surface area contributed by atoms with Crippen molar-refractivity contribution >= 4 is 17.3 Å². The summed E-state index contributed by atoms with van der Waals surface area (Å²) in [5, 5.41) is 23.9. The van der Waals surface area contributed by atoms with E-state index in [1.807, 2.05) is 0 Å². The van der Waals surface area contributed by atoms with Gasteiger partial charge in [-0.25, -0.2) is 0 Å². The number of carbonyl (C=O) groups excluding carboxylic acids is 1. The molecule has 1 aromatic rings. The number of nitro benzene ring substituents is 1. The minimum Gasteiger partial charge on any atom is -0.362 e. The van der Waals surface area contributed by atoms with Crippen LogP contribution in [0.25, 0.3) is 0 Å². The molecule has 1 heterocycles. The van der Waals surface area contributed by atoms with E-state index in [-0.39, 0.29) is 10.7 Å². The average Bonchev–Trinajstić information content (AvgIpc) is 2.74. The van der Waals surface area contributed by atoms with Crippen LogP contribution >= 0.6 is 0 Å². The van der Waals surface area contributed by atoms with Gasteiger partial charge in [0.25, 0.3) is 17.3 Å². The Bertz CT molecular complexity index is 674. The van der Waals surface area contributed by atoms with Crippen LogP contribution in [-0.4, -0.2) is 38.6 Å². The minimum atomic E-state index is -5.16. The van der Waals surface area contributed by atoms with Gasteiger partial charge in [-0.2, -0.15) is 23.3 Å². The first-order chi connectivity index (χ1) is 10.1. The van der Waals surface area contributed by atoms with E-state index in [0.717, 1.165) is 12.1 Å². The first-order valence-electron chi connectivity index (χ1n) is 5.99. The smallest absolute Gasteiger partial charge is 0.362 e. The number of aliphatic hydroxyl groups is 1. The summed E-state index contributed by atoms with van der Waals surface area (Å²) in [6.07, 6.45) is -6.07. The zero-order chi connectivity index (χ0) is 16.7. The average molecular weight is 317 g/mol. The van der Waals surface area contributed by atoms with Crippen molar-refractivity contribution in [1.29, 1.82) is 0 Å². The van der Waals surface area contributed by atoms with E-state index in [1.54, 1.807) is 0 Å². The number of nitro groups is 1. The summed E-state index contributed by atoms with van der Waals surface area (Å²) >= 11 is 0. The van der Waals surface area contributed by atoms with Crippen molar-refractivity contribution in [3.05, 3.63) is 39.9 Å². The molecule has 0 saturated heterocycles. The third-order valence-electron chi connectivity index (χ3n) is 3.10. The Labute approximate surface area is 121 Å². The number of hydrazone groups is 1. The van der Waals surface area contributed by atoms with E-state index in [4.69, 9.17) is 0 Å². The Hall–Kier alpha value is -2.49. The van der Waals surface area contributed by atoms with Crippen molar-refractivity contribution in [3.8, 4) is 0 Å².